The van der Waals surface area contributed by atoms with Gasteiger partial charge in [-0.1, -0.05) is 26.0 Å². The van der Waals surface area contributed by atoms with Crippen molar-refractivity contribution < 1.29 is 4.79 Å². The van der Waals surface area contributed by atoms with Gasteiger partial charge in [0.05, 0.1) is 12.7 Å². The van der Waals surface area contributed by atoms with E-state index in [1.165, 1.54) is 0 Å². The first kappa shape index (κ1) is 12.8. The highest BCUT2D eigenvalue weighted by molar-refractivity contribution is 5.93. The van der Waals surface area contributed by atoms with Crippen molar-refractivity contribution in [2.24, 2.45) is 11.1 Å². The second-order valence-electron chi connectivity index (χ2n) is 5.14. The van der Waals surface area contributed by atoms with Gasteiger partial charge in [0.15, 0.2) is 5.78 Å². The summed E-state index contributed by atoms with van der Waals surface area (Å²) in [5, 5.41) is 7.68. The van der Waals surface area contributed by atoms with Gasteiger partial charge in [-0.3, -0.25) is 9.48 Å². The summed E-state index contributed by atoms with van der Waals surface area (Å²) >= 11 is 0. The number of aromatic nitrogens is 3. The molecule has 1 heterocycles. The van der Waals surface area contributed by atoms with Crippen LogP contribution in [0, 0.1) is 5.41 Å². The van der Waals surface area contributed by atoms with Crippen LogP contribution in [0.5, 0.6) is 0 Å². The minimum atomic E-state index is 0.0539. The monoisotopic (exact) mass is 224 g/mol. The lowest BCUT2D eigenvalue weighted by atomic mass is 9.89. The molecule has 0 aliphatic rings. The number of rotatable bonds is 5. The molecule has 0 aromatic carbocycles. The molecular formula is C11H20N4O. The zero-order valence-corrected chi connectivity index (χ0v) is 10.2. The predicted octanol–water partition coefficient (Wildman–Crippen LogP) is 1.25. The molecule has 0 unspecified atom stereocenters. The van der Waals surface area contributed by atoms with Crippen molar-refractivity contribution in [2.75, 3.05) is 6.54 Å². The smallest absolute Gasteiger partial charge is 0.184 e. The second-order valence-corrected chi connectivity index (χ2v) is 5.14. The summed E-state index contributed by atoms with van der Waals surface area (Å²) in [5.74, 6) is 0.0539. The molecule has 0 saturated carbocycles. The van der Waals surface area contributed by atoms with Gasteiger partial charge in [0.1, 0.15) is 5.69 Å². The number of hydrogen-bond acceptors (Lipinski definition) is 4. The summed E-state index contributed by atoms with van der Waals surface area (Å²) in [5.41, 5.74) is 6.00. The fourth-order valence-electron chi connectivity index (χ4n) is 1.28. The Bertz CT molecular complexity index is 351. The minimum Gasteiger partial charge on any atom is -0.329 e. The van der Waals surface area contributed by atoms with Crippen molar-refractivity contribution in [3.63, 3.8) is 0 Å². The van der Waals surface area contributed by atoms with E-state index in [-0.39, 0.29) is 11.2 Å². The fraction of sp³-hybridized carbons (Fsp3) is 0.727. The van der Waals surface area contributed by atoms with Gasteiger partial charge >= 0.3 is 0 Å². The van der Waals surface area contributed by atoms with Crippen LogP contribution >= 0.6 is 0 Å². The molecule has 1 aromatic heterocycles. The number of nitrogens with two attached hydrogens (primary N) is 1. The van der Waals surface area contributed by atoms with Gasteiger partial charge in [-0.2, -0.15) is 0 Å². The highest BCUT2D eigenvalue weighted by Gasteiger charge is 2.16. The zero-order chi connectivity index (χ0) is 12.2. The van der Waals surface area contributed by atoms with Crippen LogP contribution in [0.2, 0.25) is 0 Å². The number of ketones is 1. The number of nitrogens with zero attached hydrogens (tertiary/aromatic N) is 3. The van der Waals surface area contributed by atoms with Gasteiger partial charge < -0.3 is 5.73 Å². The highest BCUT2D eigenvalue weighted by atomic mass is 16.1. The summed E-state index contributed by atoms with van der Waals surface area (Å²) in [6.07, 6.45) is 3.04. The van der Waals surface area contributed by atoms with Crippen LogP contribution < -0.4 is 5.73 Å². The van der Waals surface area contributed by atoms with Crippen molar-refractivity contribution in [2.45, 2.75) is 40.2 Å². The summed E-state index contributed by atoms with van der Waals surface area (Å²) in [7, 11) is 0. The van der Waals surface area contributed by atoms with E-state index >= 15 is 0 Å². The topological polar surface area (TPSA) is 73.8 Å². The quantitative estimate of drug-likeness (QED) is 0.764. The predicted molar refractivity (Wildman–Crippen MR) is 62.1 cm³/mol. The van der Waals surface area contributed by atoms with Gasteiger partial charge in [0.25, 0.3) is 0 Å². The number of Topliss-reactive ketones (excluding diaryl/α,β-unsaturated/α-hetero) is 1. The van der Waals surface area contributed by atoms with Crippen LogP contribution in [0.15, 0.2) is 6.20 Å². The summed E-state index contributed by atoms with van der Waals surface area (Å²) in [4.78, 5) is 11.8. The van der Waals surface area contributed by atoms with Gasteiger partial charge in [0.2, 0.25) is 0 Å². The fourth-order valence-corrected chi connectivity index (χ4v) is 1.28. The molecule has 0 aliphatic heterocycles. The van der Waals surface area contributed by atoms with Crippen molar-refractivity contribution in [1.29, 1.82) is 0 Å². The van der Waals surface area contributed by atoms with Crippen LogP contribution in [0.1, 0.15) is 44.1 Å². The van der Waals surface area contributed by atoms with Crippen LogP contribution in [0.25, 0.3) is 0 Å². The lowest BCUT2D eigenvalue weighted by molar-refractivity contribution is 0.0961. The maximum Gasteiger partial charge on any atom is 0.184 e. The zero-order valence-electron chi connectivity index (χ0n) is 10.2. The average Bonchev–Trinajstić information content (AvgIpc) is 2.62. The molecule has 5 heteroatoms. The largest absolute Gasteiger partial charge is 0.329 e. The lowest BCUT2D eigenvalue weighted by Gasteiger charge is -2.16. The molecule has 0 radical (unpaired) electrons. The molecule has 90 valence electrons. The van der Waals surface area contributed by atoms with Crippen LogP contribution in [-0.4, -0.2) is 27.3 Å². The van der Waals surface area contributed by atoms with Gasteiger partial charge in [-0.15, -0.1) is 5.10 Å². The molecule has 0 spiro atoms. The Labute approximate surface area is 96.0 Å². The Hall–Kier alpha value is -1.23. The molecule has 0 amide bonds. The van der Waals surface area contributed by atoms with E-state index in [4.69, 9.17) is 5.73 Å². The van der Waals surface area contributed by atoms with E-state index in [1.807, 2.05) is 0 Å². The Morgan fingerprint density at radius 2 is 2.19 bits per heavy atom. The van der Waals surface area contributed by atoms with Gasteiger partial charge in [0, 0.05) is 13.0 Å². The number of carbonyl (C=O) groups is 1. The third-order valence-corrected chi connectivity index (χ3v) is 2.28. The Balaban J connectivity index is 2.53. The molecule has 1 aromatic rings. The van der Waals surface area contributed by atoms with E-state index < -0.39 is 0 Å². The van der Waals surface area contributed by atoms with E-state index in [2.05, 4.69) is 31.1 Å². The maximum atomic E-state index is 11.8. The standard InChI is InChI=1S/C11H20N4O/c1-11(2,3)5-4-10(16)9-8-15(7-6-12)14-13-9/h8H,4-7,12H2,1-3H3. The molecule has 0 aliphatic carbocycles. The average molecular weight is 224 g/mol. The highest BCUT2D eigenvalue weighted by Crippen LogP contribution is 2.21. The molecular weight excluding hydrogens is 204 g/mol. The SMILES string of the molecule is CC(C)(C)CCC(=O)c1cn(CCN)nn1. The van der Waals surface area contributed by atoms with Gasteiger partial charge in [-0.05, 0) is 11.8 Å². The first-order valence-corrected chi connectivity index (χ1v) is 5.56. The second kappa shape index (κ2) is 5.21. The van der Waals surface area contributed by atoms with Crippen molar-refractivity contribution in [3.05, 3.63) is 11.9 Å². The van der Waals surface area contributed by atoms with Crippen LogP contribution in [0.4, 0.5) is 0 Å². The third kappa shape index (κ3) is 4.10. The molecule has 1 rings (SSSR count). The van der Waals surface area contributed by atoms with Crippen LogP contribution in [0.3, 0.4) is 0 Å². The van der Waals surface area contributed by atoms with E-state index in [1.54, 1.807) is 10.9 Å². The molecule has 2 N–H and O–H groups in total. The van der Waals surface area contributed by atoms with Crippen molar-refractivity contribution >= 4 is 5.78 Å². The van der Waals surface area contributed by atoms with E-state index in [0.717, 1.165) is 6.42 Å². The third-order valence-electron chi connectivity index (χ3n) is 2.28. The molecule has 5 nitrogen and oxygen atoms in total. The summed E-state index contributed by atoms with van der Waals surface area (Å²) < 4.78 is 1.60. The van der Waals surface area contributed by atoms with Crippen LogP contribution in [-0.2, 0) is 6.54 Å². The Morgan fingerprint density at radius 1 is 1.50 bits per heavy atom. The normalized spacial score (nSPS) is 11.8. The summed E-state index contributed by atoms with van der Waals surface area (Å²) in [6.45, 7) is 7.45. The maximum absolute atomic E-state index is 11.8. The lowest BCUT2D eigenvalue weighted by Crippen LogP contribution is -2.10. The molecule has 0 atom stereocenters. The molecule has 16 heavy (non-hydrogen) atoms. The first-order valence-electron chi connectivity index (χ1n) is 5.56. The van der Waals surface area contributed by atoms with Crippen molar-refractivity contribution in [1.82, 2.24) is 15.0 Å². The molecule has 0 bridgehead atoms. The Kier molecular flexibility index (Phi) is 4.18. The summed E-state index contributed by atoms with van der Waals surface area (Å²) in [6, 6.07) is 0. The van der Waals surface area contributed by atoms with E-state index in [0.29, 0.717) is 25.2 Å². The first-order chi connectivity index (χ1) is 7.42. The van der Waals surface area contributed by atoms with E-state index in [9.17, 15) is 4.79 Å². The molecule has 0 saturated heterocycles. The van der Waals surface area contributed by atoms with Crippen molar-refractivity contribution in [3.8, 4) is 0 Å². The number of carbonyl (C=O) groups excluding carboxylic acids is 1. The number of hydrogen-bond donors (Lipinski definition) is 1. The minimum absolute atomic E-state index is 0.0539. The Morgan fingerprint density at radius 3 is 2.75 bits per heavy atom. The molecule has 0 fully saturated rings. The van der Waals surface area contributed by atoms with Gasteiger partial charge in [-0.25, -0.2) is 0 Å².